The molecule has 0 aromatic carbocycles. The van der Waals surface area contributed by atoms with Crippen LogP contribution >= 0.6 is 0 Å². The Balaban J connectivity index is 2.11. The maximum atomic E-state index is 3.43. The number of piperidine rings is 1. The van der Waals surface area contributed by atoms with Crippen molar-refractivity contribution in [1.29, 1.82) is 0 Å². The van der Waals surface area contributed by atoms with Gasteiger partial charge in [0.05, 0.1) is 0 Å². The predicted molar refractivity (Wildman–Crippen MR) is 50.1 cm³/mol. The Labute approximate surface area is 73.6 Å². The van der Waals surface area contributed by atoms with E-state index in [0.717, 1.165) is 12.5 Å². The van der Waals surface area contributed by atoms with Crippen molar-refractivity contribution >= 4 is 0 Å². The maximum absolute atomic E-state index is 3.43. The number of nitrogens with zero attached hydrogens (tertiary/aromatic N) is 1. The molecule has 0 bridgehead atoms. The van der Waals surface area contributed by atoms with Crippen molar-refractivity contribution in [2.24, 2.45) is 5.92 Å². The van der Waals surface area contributed by atoms with Crippen molar-refractivity contribution in [3.05, 3.63) is 24.5 Å². The number of nitrogens with one attached hydrogen (secondary N) is 1. The quantitative estimate of drug-likeness (QED) is 0.668. The van der Waals surface area contributed by atoms with Crippen molar-refractivity contribution in [3.8, 4) is 0 Å². The third-order valence-electron chi connectivity index (χ3n) is 2.80. The molecule has 0 spiro atoms. The Hall–Kier alpha value is -0.760. The Morgan fingerprint density at radius 3 is 2.75 bits per heavy atom. The molecule has 2 heteroatoms. The Kier molecular flexibility index (Phi) is 2.17. The summed E-state index contributed by atoms with van der Waals surface area (Å²) in [6, 6.07) is 4.86. The van der Waals surface area contributed by atoms with Gasteiger partial charge in [0.1, 0.15) is 0 Å². The van der Waals surface area contributed by atoms with E-state index in [9.17, 15) is 0 Å². The zero-order valence-electron chi connectivity index (χ0n) is 7.53. The number of hydrogen-bond acceptors (Lipinski definition) is 1. The van der Waals surface area contributed by atoms with Gasteiger partial charge in [-0.15, -0.1) is 0 Å². The van der Waals surface area contributed by atoms with Gasteiger partial charge in [-0.05, 0) is 31.0 Å². The molecule has 2 nitrogen and oxygen atoms in total. The second-order valence-corrected chi connectivity index (χ2v) is 3.67. The zero-order valence-corrected chi connectivity index (χ0v) is 7.53. The predicted octanol–water partition coefficient (Wildman–Crippen LogP) is 1.66. The van der Waals surface area contributed by atoms with E-state index in [1.165, 1.54) is 13.0 Å². The first-order valence-corrected chi connectivity index (χ1v) is 4.71. The van der Waals surface area contributed by atoms with Crippen LogP contribution in [0.15, 0.2) is 24.5 Å². The molecule has 66 valence electrons. The molecule has 1 aromatic heterocycles. The highest BCUT2D eigenvalue weighted by Crippen LogP contribution is 2.22. The lowest BCUT2D eigenvalue weighted by atomic mass is 9.95. The van der Waals surface area contributed by atoms with Gasteiger partial charge < -0.3 is 9.88 Å². The molecule has 2 unspecified atom stereocenters. The molecule has 2 heterocycles. The number of hydrogen-bond donors (Lipinski definition) is 1. The Bertz CT molecular complexity index is 228. The van der Waals surface area contributed by atoms with Crippen molar-refractivity contribution < 1.29 is 0 Å². The largest absolute Gasteiger partial charge is 0.350 e. The van der Waals surface area contributed by atoms with Crippen LogP contribution < -0.4 is 5.32 Å². The Morgan fingerprint density at radius 2 is 2.08 bits per heavy atom. The molecule has 0 amide bonds. The second-order valence-electron chi connectivity index (χ2n) is 3.67. The zero-order chi connectivity index (χ0) is 8.39. The van der Waals surface area contributed by atoms with Gasteiger partial charge >= 0.3 is 0 Å². The monoisotopic (exact) mass is 164 g/mol. The van der Waals surface area contributed by atoms with E-state index >= 15 is 0 Å². The molecule has 0 aliphatic carbocycles. The van der Waals surface area contributed by atoms with Gasteiger partial charge in [0, 0.05) is 25.0 Å². The summed E-state index contributed by atoms with van der Waals surface area (Å²) < 4.78 is 2.32. The van der Waals surface area contributed by atoms with Crippen LogP contribution in [0.25, 0.3) is 0 Å². The van der Waals surface area contributed by atoms with Crippen LogP contribution in [-0.4, -0.2) is 17.7 Å². The maximum Gasteiger partial charge on any atom is 0.0481 e. The topological polar surface area (TPSA) is 17.0 Å². The van der Waals surface area contributed by atoms with E-state index in [1.807, 2.05) is 0 Å². The lowest BCUT2D eigenvalue weighted by molar-refractivity contribution is 0.275. The molecule has 1 aliphatic rings. The molecule has 1 N–H and O–H groups in total. The summed E-state index contributed by atoms with van der Waals surface area (Å²) in [5.41, 5.74) is 0. The SMILES string of the molecule is CC1CCNCC1n1cccc1. The first-order valence-electron chi connectivity index (χ1n) is 4.71. The molecule has 2 rings (SSSR count). The third kappa shape index (κ3) is 1.39. The number of rotatable bonds is 1. The molecule has 1 fully saturated rings. The first kappa shape index (κ1) is 7.87. The summed E-state index contributed by atoms with van der Waals surface area (Å²) in [5, 5.41) is 3.43. The summed E-state index contributed by atoms with van der Waals surface area (Å²) in [6.07, 6.45) is 5.62. The molecule has 12 heavy (non-hydrogen) atoms. The second kappa shape index (κ2) is 3.31. The Morgan fingerprint density at radius 1 is 1.33 bits per heavy atom. The fraction of sp³-hybridized carbons (Fsp3) is 0.600. The average Bonchev–Trinajstić information content (AvgIpc) is 2.57. The molecular formula is C10H16N2. The van der Waals surface area contributed by atoms with Crippen molar-refractivity contribution in [1.82, 2.24) is 9.88 Å². The van der Waals surface area contributed by atoms with Crippen LogP contribution in [-0.2, 0) is 0 Å². The van der Waals surface area contributed by atoms with Gasteiger partial charge in [0.15, 0.2) is 0 Å². The summed E-state index contributed by atoms with van der Waals surface area (Å²) in [7, 11) is 0. The minimum absolute atomic E-state index is 0.661. The van der Waals surface area contributed by atoms with E-state index in [4.69, 9.17) is 0 Å². The molecule has 2 atom stereocenters. The molecule has 0 radical (unpaired) electrons. The standard InChI is InChI=1S/C10H16N2/c1-9-4-5-11-8-10(9)12-6-2-3-7-12/h2-3,6-7,9-11H,4-5,8H2,1H3. The van der Waals surface area contributed by atoms with E-state index in [2.05, 4.69) is 41.3 Å². The minimum atomic E-state index is 0.661. The molecule has 1 saturated heterocycles. The summed E-state index contributed by atoms with van der Waals surface area (Å²) in [6.45, 7) is 4.64. The molecule has 1 aromatic rings. The van der Waals surface area contributed by atoms with Gasteiger partial charge in [-0.1, -0.05) is 6.92 Å². The lowest BCUT2D eigenvalue weighted by Gasteiger charge is -2.30. The average molecular weight is 164 g/mol. The summed E-state index contributed by atoms with van der Waals surface area (Å²) in [4.78, 5) is 0. The highest BCUT2D eigenvalue weighted by atomic mass is 15.0. The number of aromatic nitrogens is 1. The molecular weight excluding hydrogens is 148 g/mol. The van der Waals surface area contributed by atoms with Gasteiger partial charge in [-0.2, -0.15) is 0 Å². The van der Waals surface area contributed by atoms with E-state index in [0.29, 0.717) is 6.04 Å². The van der Waals surface area contributed by atoms with Crippen LogP contribution in [0.1, 0.15) is 19.4 Å². The van der Waals surface area contributed by atoms with Crippen LogP contribution in [0.4, 0.5) is 0 Å². The van der Waals surface area contributed by atoms with E-state index in [-0.39, 0.29) is 0 Å². The highest BCUT2D eigenvalue weighted by Gasteiger charge is 2.21. The molecule has 1 aliphatic heterocycles. The van der Waals surface area contributed by atoms with Crippen LogP contribution in [0.3, 0.4) is 0 Å². The summed E-state index contributed by atoms with van der Waals surface area (Å²) >= 11 is 0. The van der Waals surface area contributed by atoms with E-state index in [1.54, 1.807) is 0 Å². The minimum Gasteiger partial charge on any atom is -0.350 e. The van der Waals surface area contributed by atoms with Crippen molar-refractivity contribution in [2.75, 3.05) is 13.1 Å². The fourth-order valence-corrected chi connectivity index (χ4v) is 1.94. The van der Waals surface area contributed by atoms with Gasteiger partial charge in [-0.25, -0.2) is 0 Å². The third-order valence-corrected chi connectivity index (χ3v) is 2.80. The fourth-order valence-electron chi connectivity index (χ4n) is 1.94. The van der Waals surface area contributed by atoms with Gasteiger partial charge in [0.2, 0.25) is 0 Å². The van der Waals surface area contributed by atoms with Crippen molar-refractivity contribution in [2.45, 2.75) is 19.4 Å². The first-order chi connectivity index (χ1) is 5.88. The van der Waals surface area contributed by atoms with Crippen LogP contribution in [0.5, 0.6) is 0 Å². The normalized spacial score (nSPS) is 30.4. The van der Waals surface area contributed by atoms with Gasteiger partial charge in [-0.3, -0.25) is 0 Å². The smallest absolute Gasteiger partial charge is 0.0481 e. The summed E-state index contributed by atoms with van der Waals surface area (Å²) in [5.74, 6) is 0.804. The van der Waals surface area contributed by atoms with E-state index < -0.39 is 0 Å². The van der Waals surface area contributed by atoms with Crippen LogP contribution in [0, 0.1) is 5.92 Å². The lowest BCUT2D eigenvalue weighted by Crippen LogP contribution is -2.36. The van der Waals surface area contributed by atoms with Gasteiger partial charge in [0.25, 0.3) is 0 Å². The van der Waals surface area contributed by atoms with Crippen LogP contribution in [0.2, 0.25) is 0 Å². The molecule has 0 saturated carbocycles. The van der Waals surface area contributed by atoms with Crippen molar-refractivity contribution in [3.63, 3.8) is 0 Å². The highest BCUT2D eigenvalue weighted by molar-refractivity contribution is 4.95.